The van der Waals surface area contributed by atoms with Crippen LogP contribution in [0.25, 0.3) is 0 Å². The normalized spacial score (nSPS) is 15.2. The number of nitrogens with one attached hydrogen (secondary N) is 1. The highest BCUT2D eigenvalue weighted by atomic mass is 35.5. The van der Waals surface area contributed by atoms with Crippen molar-refractivity contribution >= 4 is 34.8 Å². The van der Waals surface area contributed by atoms with Crippen molar-refractivity contribution in [2.45, 2.75) is 25.7 Å². The van der Waals surface area contributed by atoms with Gasteiger partial charge in [-0.2, -0.15) is 0 Å². The van der Waals surface area contributed by atoms with Gasteiger partial charge in [0.05, 0.1) is 11.4 Å². The second kappa shape index (κ2) is 6.61. The molecule has 20 heavy (non-hydrogen) atoms. The van der Waals surface area contributed by atoms with E-state index in [1.165, 1.54) is 0 Å². The van der Waals surface area contributed by atoms with Crippen molar-refractivity contribution in [1.29, 1.82) is 0 Å². The van der Waals surface area contributed by atoms with E-state index in [0.29, 0.717) is 29.4 Å². The number of nitrogen functional groups attached to an aromatic ring is 1. The third-order valence-corrected chi connectivity index (χ3v) is 3.55. The standard InChI is InChI=1S/C14H18ClN3O2/c15-10-4-5-12(11(16)9-10)17-13(19)6-8-18-7-2-1-3-14(18)20/h4-5,9H,1-3,6-8,16H2,(H,17,19). The molecule has 0 aromatic heterocycles. The number of nitrogens with zero attached hydrogens (tertiary/aromatic N) is 1. The van der Waals surface area contributed by atoms with Crippen LogP contribution in [-0.2, 0) is 9.59 Å². The summed E-state index contributed by atoms with van der Waals surface area (Å²) in [5, 5.41) is 3.26. The second-order valence-electron chi connectivity index (χ2n) is 4.87. The summed E-state index contributed by atoms with van der Waals surface area (Å²) in [6.45, 7) is 1.20. The SMILES string of the molecule is Nc1cc(Cl)ccc1NC(=O)CCN1CCCCC1=O. The number of likely N-dealkylation sites (tertiary alicyclic amines) is 1. The number of carbonyl (C=O) groups excluding carboxylic acids is 2. The van der Waals surface area contributed by atoms with Crippen molar-refractivity contribution in [3.63, 3.8) is 0 Å². The number of halogens is 1. The maximum atomic E-state index is 11.9. The van der Waals surface area contributed by atoms with Crippen molar-refractivity contribution < 1.29 is 9.59 Å². The van der Waals surface area contributed by atoms with Gasteiger partial charge in [0.15, 0.2) is 0 Å². The van der Waals surface area contributed by atoms with Gasteiger partial charge in [0.2, 0.25) is 11.8 Å². The molecule has 1 saturated heterocycles. The first-order chi connectivity index (χ1) is 9.56. The number of nitrogens with two attached hydrogens (primary N) is 1. The molecular formula is C14H18ClN3O2. The molecule has 0 radical (unpaired) electrons. The number of hydrogen-bond acceptors (Lipinski definition) is 3. The Morgan fingerprint density at radius 1 is 1.40 bits per heavy atom. The van der Waals surface area contributed by atoms with E-state index in [9.17, 15) is 9.59 Å². The highest BCUT2D eigenvalue weighted by Crippen LogP contribution is 2.22. The molecule has 6 heteroatoms. The summed E-state index contributed by atoms with van der Waals surface area (Å²) in [5.74, 6) is -0.0209. The lowest BCUT2D eigenvalue weighted by molar-refractivity contribution is -0.133. The van der Waals surface area contributed by atoms with Crippen molar-refractivity contribution in [2.24, 2.45) is 0 Å². The Morgan fingerprint density at radius 3 is 2.90 bits per heavy atom. The first-order valence-corrected chi connectivity index (χ1v) is 7.07. The summed E-state index contributed by atoms with van der Waals surface area (Å²) < 4.78 is 0. The van der Waals surface area contributed by atoms with Crippen LogP contribution in [0.4, 0.5) is 11.4 Å². The minimum absolute atomic E-state index is 0.134. The monoisotopic (exact) mass is 295 g/mol. The Morgan fingerprint density at radius 2 is 2.20 bits per heavy atom. The molecule has 2 amide bonds. The molecule has 1 aliphatic rings. The average molecular weight is 296 g/mol. The van der Waals surface area contributed by atoms with E-state index < -0.39 is 0 Å². The lowest BCUT2D eigenvalue weighted by atomic mass is 10.1. The number of piperidine rings is 1. The molecule has 1 aromatic rings. The molecule has 0 aliphatic carbocycles. The second-order valence-corrected chi connectivity index (χ2v) is 5.30. The van der Waals surface area contributed by atoms with Gasteiger partial charge in [0.25, 0.3) is 0 Å². The topological polar surface area (TPSA) is 75.4 Å². The van der Waals surface area contributed by atoms with Gasteiger partial charge in [-0.05, 0) is 31.0 Å². The average Bonchev–Trinajstić information content (AvgIpc) is 2.41. The lowest BCUT2D eigenvalue weighted by Crippen LogP contribution is -2.37. The van der Waals surface area contributed by atoms with Crippen molar-refractivity contribution in [3.8, 4) is 0 Å². The maximum absolute atomic E-state index is 11.9. The molecule has 3 N–H and O–H groups in total. The molecule has 0 spiro atoms. The number of hydrogen-bond donors (Lipinski definition) is 2. The van der Waals surface area contributed by atoms with Gasteiger partial charge >= 0.3 is 0 Å². The fourth-order valence-corrected chi connectivity index (χ4v) is 2.38. The number of amides is 2. The smallest absolute Gasteiger partial charge is 0.226 e. The molecule has 1 fully saturated rings. The quantitative estimate of drug-likeness (QED) is 0.837. The van der Waals surface area contributed by atoms with Crippen LogP contribution in [0.5, 0.6) is 0 Å². The van der Waals surface area contributed by atoms with E-state index in [4.69, 9.17) is 17.3 Å². The zero-order valence-electron chi connectivity index (χ0n) is 11.2. The van der Waals surface area contributed by atoms with E-state index >= 15 is 0 Å². The first-order valence-electron chi connectivity index (χ1n) is 6.69. The van der Waals surface area contributed by atoms with Gasteiger partial charge in [0, 0.05) is 31.0 Å². The number of carbonyl (C=O) groups is 2. The Bertz CT molecular complexity index is 519. The summed E-state index contributed by atoms with van der Waals surface area (Å²) in [7, 11) is 0. The molecule has 0 unspecified atom stereocenters. The fourth-order valence-electron chi connectivity index (χ4n) is 2.19. The summed E-state index contributed by atoms with van der Waals surface area (Å²) in [6, 6.07) is 4.93. The highest BCUT2D eigenvalue weighted by molar-refractivity contribution is 6.31. The van der Waals surface area contributed by atoms with E-state index in [2.05, 4.69) is 5.32 Å². The predicted octanol–water partition coefficient (Wildman–Crippen LogP) is 2.26. The summed E-state index contributed by atoms with van der Waals surface area (Å²) in [4.78, 5) is 25.2. The molecule has 2 rings (SSSR count). The highest BCUT2D eigenvalue weighted by Gasteiger charge is 2.18. The van der Waals surface area contributed by atoms with Crippen LogP contribution >= 0.6 is 11.6 Å². The van der Waals surface area contributed by atoms with Crippen LogP contribution in [0.1, 0.15) is 25.7 Å². The van der Waals surface area contributed by atoms with Gasteiger partial charge in [-0.25, -0.2) is 0 Å². The molecule has 0 atom stereocenters. The van der Waals surface area contributed by atoms with Crippen LogP contribution in [0.2, 0.25) is 5.02 Å². The van der Waals surface area contributed by atoms with E-state index in [-0.39, 0.29) is 18.2 Å². The molecule has 0 bridgehead atoms. The van der Waals surface area contributed by atoms with Crippen LogP contribution in [0, 0.1) is 0 Å². The number of rotatable bonds is 4. The summed E-state index contributed by atoms with van der Waals surface area (Å²) in [6.07, 6.45) is 2.82. The summed E-state index contributed by atoms with van der Waals surface area (Å²) in [5.41, 5.74) is 6.74. The van der Waals surface area contributed by atoms with Crippen molar-refractivity contribution in [2.75, 3.05) is 24.1 Å². The van der Waals surface area contributed by atoms with E-state index in [1.54, 1.807) is 23.1 Å². The number of benzene rings is 1. The van der Waals surface area contributed by atoms with Crippen molar-refractivity contribution in [1.82, 2.24) is 4.90 Å². The maximum Gasteiger partial charge on any atom is 0.226 e. The van der Waals surface area contributed by atoms with Crippen LogP contribution in [0.3, 0.4) is 0 Å². The largest absolute Gasteiger partial charge is 0.397 e. The third-order valence-electron chi connectivity index (χ3n) is 3.32. The lowest BCUT2D eigenvalue weighted by Gasteiger charge is -2.26. The van der Waals surface area contributed by atoms with E-state index in [0.717, 1.165) is 19.4 Å². The third kappa shape index (κ3) is 3.87. The first kappa shape index (κ1) is 14.7. The van der Waals surface area contributed by atoms with Crippen LogP contribution in [0.15, 0.2) is 18.2 Å². The van der Waals surface area contributed by atoms with Crippen molar-refractivity contribution in [3.05, 3.63) is 23.2 Å². The van der Waals surface area contributed by atoms with Crippen LogP contribution < -0.4 is 11.1 Å². The molecular weight excluding hydrogens is 278 g/mol. The fraction of sp³-hybridized carbons (Fsp3) is 0.429. The molecule has 1 aliphatic heterocycles. The zero-order valence-corrected chi connectivity index (χ0v) is 11.9. The Kier molecular flexibility index (Phi) is 4.84. The van der Waals surface area contributed by atoms with Gasteiger partial charge < -0.3 is 16.0 Å². The predicted molar refractivity (Wildman–Crippen MR) is 79.5 cm³/mol. The van der Waals surface area contributed by atoms with Gasteiger partial charge in [-0.1, -0.05) is 11.6 Å². The molecule has 0 saturated carbocycles. The Balaban J connectivity index is 1.84. The van der Waals surface area contributed by atoms with Crippen LogP contribution in [-0.4, -0.2) is 29.8 Å². The molecule has 5 nitrogen and oxygen atoms in total. The molecule has 1 aromatic carbocycles. The number of anilines is 2. The molecule has 108 valence electrons. The van der Waals surface area contributed by atoms with Gasteiger partial charge in [0.1, 0.15) is 0 Å². The minimum Gasteiger partial charge on any atom is -0.397 e. The van der Waals surface area contributed by atoms with Gasteiger partial charge in [-0.15, -0.1) is 0 Å². The minimum atomic E-state index is -0.155. The Hall–Kier alpha value is -1.75. The Labute approximate surface area is 123 Å². The zero-order chi connectivity index (χ0) is 14.5. The molecule has 1 heterocycles. The van der Waals surface area contributed by atoms with E-state index in [1.807, 2.05) is 0 Å². The summed E-state index contributed by atoms with van der Waals surface area (Å²) >= 11 is 5.80. The van der Waals surface area contributed by atoms with Gasteiger partial charge in [-0.3, -0.25) is 9.59 Å².